The highest BCUT2D eigenvalue weighted by molar-refractivity contribution is 5.92. The van der Waals surface area contributed by atoms with Crippen molar-refractivity contribution in [2.24, 2.45) is 23.5 Å². The van der Waals surface area contributed by atoms with Crippen molar-refractivity contribution < 1.29 is 9.53 Å². The molecule has 2 fully saturated rings. The van der Waals surface area contributed by atoms with Gasteiger partial charge < -0.3 is 15.8 Å². The molecule has 0 spiro atoms. The fraction of sp³-hybridized carbons (Fsp3) is 0.533. The number of hydrogen-bond acceptors (Lipinski definition) is 3. The molecular weight excluding hydrogens is 240 g/mol. The smallest absolute Gasteiger partial charge is 0.227 e. The molecule has 19 heavy (non-hydrogen) atoms. The lowest BCUT2D eigenvalue weighted by molar-refractivity contribution is -0.120. The molecule has 2 aliphatic rings. The van der Waals surface area contributed by atoms with E-state index in [9.17, 15) is 4.79 Å². The van der Waals surface area contributed by atoms with Gasteiger partial charge in [0.2, 0.25) is 5.91 Å². The summed E-state index contributed by atoms with van der Waals surface area (Å²) in [4.78, 5) is 12.1. The number of nitrogens with two attached hydrogens (primary N) is 1. The summed E-state index contributed by atoms with van der Waals surface area (Å²) in [6, 6.07) is 7.47. The van der Waals surface area contributed by atoms with E-state index in [0.29, 0.717) is 13.2 Å². The monoisotopic (exact) mass is 260 g/mol. The van der Waals surface area contributed by atoms with Crippen LogP contribution >= 0.6 is 0 Å². The van der Waals surface area contributed by atoms with Crippen molar-refractivity contribution in [1.29, 1.82) is 0 Å². The lowest BCUT2D eigenvalue weighted by Crippen LogP contribution is -2.21. The molecule has 4 heteroatoms. The molecule has 2 aliphatic carbocycles. The SMILES string of the molecule is NCCOc1ccc(NC(=O)C2CC3CC3C2)cc1. The van der Waals surface area contributed by atoms with Gasteiger partial charge in [-0.3, -0.25) is 4.79 Å². The maximum absolute atomic E-state index is 12.1. The average molecular weight is 260 g/mol. The molecule has 0 radical (unpaired) electrons. The van der Waals surface area contributed by atoms with E-state index < -0.39 is 0 Å². The first-order chi connectivity index (χ1) is 9.26. The van der Waals surface area contributed by atoms with Crippen LogP contribution in [0.25, 0.3) is 0 Å². The summed E-state index contributed by atoms with van der Waals surface area (Å²) in [7, 11) is 0. The fourth-order valence-electron chi connectivity index (χ4n) is 2.98. The lowest BCUT2D eigenvalue weighted by Gasteiger charge is -2.12. The molecule has 3 N–H and O–H groups in total. The van der Waals surface area contributed by atoms with Crippen molar-refractivity contribution in [3.8, 4) is 5.75 Å². The van der Waals surface area contributed by atoms with Gasteiger partial charge in [0.25, 0.3) is 0 Å². The predicted octanol–water partition coefficient (Wildman–Crippen LogP) is 2.01. The molecule has 3 rings (SSSR count). The minimum absolute atomic E-state index is 0.169. The number of rotatable bonds is 5. The average Bonchev–Trinajstić information content (AvgIpc) is 3.04. The van der Waals surface area contributed by atoms with Crippen molar-refractivity contribution in [2.45, 2.75) is 19.3 Å². The van der Waals surface area contributed by atoms with Crippen molar-refractivity contribution in [2.75, 3.05) is 18.5 Å². The topological polar surface area (TPSA) is 64.3 Å². The maximum Gasteiger partial charge on any atom is 0.227 e. The highest BCUT2D eigenvalue weighted by atomic mass is 16.5. The standard InChI is InChI=1S/C15H20N2O2/c16-5-6-19-14-3-1-13(2-4-14)17-15(18)12-8-10-7-11(10)9-12/h1-4,10-12H,5-9,16H2,(H,17,18). The van der Waals surface area contributed by atoms with Gasteiger partial charge in [-0.05, 0) is 55.4 Å². The highest BCUT2D eigenvalue weighted by Gasteiger charge is 2.47. The first-order valence-electron chi connectivity index (χ1n) is 7.00. The van der Waals surface area contributed by atoms with Crippen molar-refractivity contribution in [3.63, 3.8) is 0 Å². The van der Waals surface area contributed by atoms with Gasteiger partial charge in [-0.15, -0.1) is 0 Å². The summed E-state index contributed by atoms with van der Waals surface area (Å²) in [6.07, 6.45) is 3.50. The van der Waals surface area contributed by atoms with Crippen LogP contribution < -0.4 is 15.8 Å². The summed E-state index contributed by atoms with van der Waals surface area (Å²) < 4.78 is 5.40. The van der Waals surface area contributed by atoms with E-state index in [0.717, 1.165) is 36.1 Å². The molecular formula is C15H20N2O2. The molecule has 1 aromatic carbocycles. The maximum atomic E-state index is 12.1. The molecule has 0 saturated heterocycles. The fourth-order valence-corrected chi connectivity index (χ4v) is 2.98. The number of amides is 1. The van der Waals surface area contributed by atoms with Crippen molar-refractivity contribution in [1.82, 2.24) is 0 Å². The molecule has 0 bridgehead atoms. The van der Waals surface area contributed by atoms with Crippen LogP contribution in [0.15, 0.2) is 24.3 Å². The quantitative estimate of drug-likeness (QED) is 0.851. The number of hydrogen-bond donors (Lipinski definition) is 2. The third-order valence-corrected chi connectivity index (χ3v) is 4.12. The Hall–Kier alpha value is -1.55. The first-order valence-corrected chi connectivity index (χ1v) is 7.00. The molecule has 0 aliphatic heterocycles. The normalized spacial score (nSPS) is 27.7. The molecule has 1 amide bonds. The molecule has 0 heterocycles. The summed E-state index contributed by atoms with van der Waals surface area (Å²) in [6.45, 7) is 1.01. The summed E-state index contributed by atoms with van der Waals surface area (Å²) in [5.41, 5.74) is 6.21. The Balaban J connectivity index is 1.52. The van der Waals surface area contributed by atoms with Gasteiger partial charge in [0.15, 0.2) is 0 Å². The first kappa shape index (κ1) is 12.5. The molecule has 2 unspecified atom stereocenters. The molecule has 2 saturated carbocycles. The molecule has 1 aromatic rings. The molecule has 0 aromatic heterocycles. The van der Waals surface area contributed by atoms with E-state index in [2.05, 4.69) is 5.32 Å². The molecule has 4 nitrogen and oxygen atoms in total. The van der Waals surface area contributed by atoms with Crippen LogP contribution in [0.2, 0.25) is 0 Å². The highest BCUT2D eigenvalue weighted by Crippen LogP contribution is 2.54. The number of anilines is 1. The Kier molecular flexibility index (Phi) is 3.42. The van der Waals surface area contributed by atoms with Crippen LogP contribution in [0.3, 0.4) is 0 Å². The van der Waals surface area contributed by atoms with E-state index in [1.807, 2.05) is 24.3 Å². The Bertz CT molecular complexity index is 448. The Morgan fingerprint density at radius 3 is 2.53 bits per heavy atom. The van der Waals surface area contributed by atoms with Crippen LogP contribution in [0.5, 0.6) is 5.75 Å². The van der Waals surface area contributed by atoms with Gasteiger partial charge in [-0.1, -0.05) is 0 Å². The van der Waals surface area contributed by atoms with Crippen LogP contribution in [0, 0.1) is 17.8 Å². The number of carbonyl (C=O) groups excluding carboxylic acids is 1. The number of fused-ring (bicyclic) bond motifs is 1. The van der Waals surface area contributed by atoms with Crippen LogP contribution in [-0.4, -0.2) is 19.1 Å². The predicted molar refractivity (Wildman–Crippen MR) is 73.9 cm³/mol. The number of benzene rings is 1. The van der Waals surface area contributed by atoms with Crippen molar-refractivity contribution >= 4 is 11.6 Å². The largest absolute Gasteiger partial charge is 0.492 e. The molecule has 102 valence electrons. The van der Waals surface area contributed by atoms with E-state index in [1.165, 1.54) is 6.42 Å². The van der Waals surface area contributed by atoms with E-state index in [-0.39, 0.29) is 11.8 Å². The van der Waals surface area contributed by atoms with E-state index in [1.54, 1.807) is 0 Å². The third-order valence-electron chi connectivity index (χ3n) is 4.12. The Morgan fingerprint density at radius 1 is 1.21 bits per heavy atom. The lowest BCUT2D eigenvalue weighted by atomic mass is 10.0. The van der Waals surface area contributed by atoms with E-state index >= 15 is 0 Å². The number of ether oxygens (including phenoxy) is 1. The van der Waals surface area contributed by atoms with Crippen LogP contribution in [0.1, 0.15) is 19.3 Å². The van der Waals surface area contributed by atoms with Crippen LogP contribution in [0.4, 0.5) is 5.69 Å². The van der Waals surface area contributed by atoms with E-state index in [4.69, 9.17) is 10.5 Å². The Labute approximate surface area is 113 Å². The third kappa shape index (κ3) is 2.89. The summed E-state index contributed by atoms with van der Waals surface area (Å²) in [5.74, 6) is 2.84. The van der Waals surface area contributed by atoms with Gasteiger partial charge in [0, 0.05) is 18.2 Å². The second-order valence-corrected chi connectivity index (χ2v) is 5.57. The van der Waals surface area contributed by atoms with Gasteiger partial charge in [-0.25, -0.2) is 0 Å². The zero-order valence-electron chi connectivity index (χ0n) is 11.0. The second-order valence-electron chi connectivity index (χ2n) is 5.57. The number of nitrogens with one attached hydrogen (secondary N) is 1. The Morgan fingerprint density at radius 2 is 1.89 bits per heavy atom. The van der Waals surface area contributed by atoms with Gasteiger partial charge in [-0.2, -0.15) is 0 Å². The zero-order chi connectivity index (χ0) is 13.2. The summed E-state index contributed by atoms with van der Waals surface area (Å²) >= 11 is 0. The zero-order valence-corrected chi connectivity index (χ0v) is 11.0. The molecule has 2 atom stereocenters. The second kappa shape index (κ2) is 5.21. The van der Waals surface area contributed by atoms with Crippen molar-refractivity contribution in [3.05, 3.63) is 24.3 Å². The van der Waals surface area contributed by atoms with Crippen LogP contribution in [-0.2, 0) is 4.79 Å². The minimum Gasteiger partial charge on any atom is -0.492 e. The van der Waals surface area contributed by atoms with Gasteiger partial charge >= 0.3 is 0 Å². The number of carbonyl (C=O) groups is 1. The van der Waals surface area contributed by atoms with Gasteiger partial charge in [0.1, 0.15) is 12.4 Å². The minimum atomic E-state index is 0.169. The summed E-state index contributed by atoms with van der Waals surface area (Å²) in [5, 5.41) is 2.99. The van der Waals surface area contributed by atoms with Gasteiger partial charge in [0.05, 0.1) is 0 Å².